The number of likely N-dealkylation sites (N-methyl/N-ethyl adjacent to an activating group) is 1. The van der Waals surface area contributed by atoms with Crippen LogP contribution in [0.1, 0.15) is 108 Å². The molecule has 0 bridgehead atoms. The normalized spacial score (nSPS) is 41.3. The quantitative estimate of drug-likeness (QED) is 0.0663. The first kappa shape index (κ1) is 56.0. The van der Waals surface area contributed by atoms with Gasteiger partial charge in [-0.2, -0.15) is 0 Å². The van der Waals surface area contributed by atoms with Crippen molar-refractivity contribution < 1.29 is 54.2 Å². The number of rotatable bonds is 12. The molecule has 1 aromatic carbocycles. The van der Waals surface area contributed by atoms with Crippen molar-refractivity contribution in [3.63, 3.8) is 0 Å². The summed E-state index contributed by atoms with van der Waals surface area (Å²) in [6, 6.07) is 4.96. The highest BCUT2D eigenvalue weighted by molar-refractivity contribution is 7.80. The van der Waals surface area contributed by atoms with Gasteiger partial charge in [0.2, 0.25) is 0 Å². The van der Waals surface area contributed by atoms with Crippen molar-refractivity contribution in [2.24, 2.45) is 29.6 Å². The van der Waals surface area contributed by atoms with Crippen molar-refractivity contribution in [2.75, 3.05) is 46.2 Å². The molecule has 0 aromatic heterocycles. The fraction of sp³-hybridized carbons (Fsp3) is 0.833. The summed E-state index contributed by atoms with van der Waals surface area (Å²) in [4.78, 5) is 29.0. The van der Waals surface area contributed by atoms with Crippen molar-refractivity contribution in [1.82, 2.24) is 15.1 Å². The van der Waals surface area contributed by atoms with E-state index >= 15 is 0 Å². The van der Waals surface area contributed by atoms with Crippen LogP contribution in [0.5, 0.6) is 0 Å². The van der Waals surface area contributed by atoms with Crippen LogP contribution in [-0.4, -0.2) is 170 Å². The number of nitro groups is 1. The SMILES string of the molecule is CC[C@@H]1OC(=O)[C@H](C)[C@H](C)[C@@H](C)[C@H](C[C@@H]2C[C@@](C)(OC)[C@H](O)[C@H](C)O2)[C@](O)(C[C@@H]2O[C@H](C)C[C@H](N(C)C)[C@@H]2O)C[C@H](C)CN(CCNC(=S)Nc2ccc([N+](=O)[O-])cc2)[C@H](C)[C@@H](O)[C@@]1(C)O. The minimum Gasteiger partial charge on any atom is -0.459 e. The maximum atomic E-state index is 14.2. The maximum absolute atomic E-state index is 14.2. The number of cyclic esters (lactones) is 1. The average molecular weight is 954 g/mol. The van der Waals surface area contributed by atoms with Crippen LogP contribution in [0.2, 0.25) is 0 Å². The molecule has 0 unspecified atom stereocenters. The molecule has 1 aromatic rings. The lowest BCUT2D eigenvalue weighted by atomic mass is 9.63. The van der Waals surface area contributed by atoms with Crippen LogP contribution in [0.25, 0.3) is 0 Å². The zero-order valence-corrected chi connectivity index (χ0v) is 42.5. The molecule has 17 nitrogen and oxygen atoms in total. The summed E-state index contributed by atoms with van der Waals surface area (Å²) in [7, 11) is 5.43. The summed E-state index contributed by atoms with van der Waals surface area (Å²) >= 11 is 5.59. The Kier molecular flexibility index (Phi) is 19.8. The van der Waals surface area contributed by atoms with Gasteiger partial charge in [0.1, 0.15) is 23.9 Å². The third-order valence-corrected chi connectivity index (χ3v) is 15.8. The average Bonchev–Trinajstić information content (AvgIpc) is 3.25. The number of methoxy groups -OCH3 is 1. The van der Waals surface area contributed by atoms with Gasteiger partial charge in [-0.25, -0.2) is 0 Å². The smallest absolute Gasteiger partial charge is 0.309 e. The van der Waals surface area contributed by atoms with Crippen LogP contribution in [0.3, 0.4) is 0 Å². The Bertz CT molecular complexity index is 1750. The molecule has 0 spiro atoms. The van der Waals surface area contributed by atoms with Gasteiger partial charge in [0, 0.05) is 69.5 Å². The molecule has 0 amide bonds. The van der Waals surface area contributed by atoms with Crippen molar-refractivity contribution in [3.8, 4) is 0 Å². The zero-order valence-electron chi connectivity index (χ0n) is 41.7. The van der Waals surface area contributed by atoms with E-state index in [0.717, 1.165) is 0 Å². The van der Waals surface area contributed by atoms with Crippen molar-refractivity contribution in [1.29, 1.82) is 0 Å². The number of hydrogen-bond donors (Lipinski definition) is 7. The van der Waals surface area contributed by atoms with Crippen molar-refractivity contribution in [3.05, 3.63) is 34.4 Å². The highest BCUT2D eigenvalue weighted by atomic mass is 32.1. The van der Waals surface area contributed by atoms with E-state index in [-0.39, 0.29) is 60.0 Å². The molecule has 3 aliphatic heterocycles. The number of aliphatic hydroxyl groups excluding tert-OH is 3. The number of thiocarbonyl (C=S) groups is 1. The molecule has 4 rings (SSSR count). The van der Waals surface area contributed by atoms with Gasteiger partial charge in [-0.05, 0) is 122 Å². The van der Waals surface area contributed by atoms with Crippen molar-refractivity contribution >= 4 is 34.7 Å². The number of ether oxygens (including phenoxy) is 4. The van der Waals surface area contributed by atoms with Gasteiger partial charge in [0.25, 0.3) is 5.69 Å². The number of non-ortho nitro benzene ring substituents is 1. The lowest BCUT2D eigenvalue weighted by Gasteiger charge is -2.51. The monoisotopic (exact) mass is 954 g/mol. The van der Waals surface area contributed by atoms with E-state index in [1.165, 1.54) is 19.1 Å². The Morgan fingerprint density at radius 2 is 1.64 bits per heavy atom. The number of benzene rings is 1. The molecule has 3 aliphatic rings. The molecule has 18 atom stereocenters. The van der Waals surface area contributed by atoms with Crippen LogP contribution in [0.4, 0.5) is 11.4 Å². The Morgan fingerprint density at radius 1 is 1.00 bits per heavy atom. The second-order valence-corrected chi connectivity index (χ2v) is 21.2. The third kappa shape index (κ3) is 13.4. The number of carbonyl (C=O) groups is 1. The van der Waals surface area contributed by atoms with E-state index < -0.39 is 88.3 Å². The van der Waals surface area contributed by atoms with Gasteiger partial charge in [-0.15, -0.1) is 0 Å². The summed E-state index contributed by atoms with van der Waals surface area (Å²) in [5, 5.41) is 78.8. The molecule has 0 radical (unpaired) electrons. The minimum absolute atomic E-state index is 0.0494. The minimum atomic E-state index is -1.86. The van der Waals surface area contributed by atoms with E-state index in [1.807, 2.05) is 72.4 Å². The summed E-state index contributed by atoms with van der Waals surface area (Å²) in [5.74, 6) is -2.72. The summed E-state index contributed by atoms with van der Waals surface area (Å²) < 4.78 is 25.1. The Hall–Kier alpha value is -2.62. The maximum Gasteiger partial charge on any atom is 0.309 e. The number of hydrogen-bond acceptors (Lipinski definition) is 15. The van der Waals surface area contributed by atoms with Gasteiger partial charge in [0.05, 0.1) is 52.6 Å². The Balaban J connectivity index is 1.80. The fourth-order valence-electron chi connectivity index (χ4n) is 11.1. The first-order valence-corrected chi connectivity index (χ1v) is 24.4. The van der Waals surface area contributed by atoms with E-state index in [4.69, 9.17) is 31.2 Å². The number of nitrogens with one attached hydrogen (secondary N) is 2. The van der Waals surface area contributed by atoms with Gasteiger partial charge in [-0.3, -0.25) is 19.8 Å². The Labute approximate surface area is 398 Å². The zero-order chi connectivity index (χ0) is 49.6. The lowest BCUT2D eigenvalue weighted by molar-refractivity contribution is -0.384. The molecular formula is C48H83N5O12S. The van der Waals surface area contributed by atoms with Crippen molar-refractivity contribution in [2.45, 2.75) is 185 Å². The molecule has 18 heteroatoms. The fourth-order valence-corrected chi connectivity index (χ4v) is 11.3. The first-order chi connectivity index (χ1) is 30.7. The van der Waals surface area contributed by atoms with Crippen LogP contribution >= 0.6 is 12.2 Å². The highest BCUT2D eigenvalue weighted by Crippen LogP contribution is 2.47. The molecule has 3 fully saturated rings. The number of anilines is 1. The van der Waals surface area contributed by atoms with Crippen LogP contribution < -0.4 is 10.6 Å². The predicted octanol–water partition coefficient (Wildman–Crippen LogP) is 4.49. The van der Waals surface area contributed by atoms with Gasteiger partial charge < -0.3 is 60.0 Å². The molecular weight excluding hydrogens is 871 g/mol. The molecule has 0 aliphatic carbocycles. The number of esters is 1. The van der Waals surface area contributed by atoms with Gasteiger partial charge in [-0.1, -0.05) is 34.6 Å². The van der Waals surface area contributed by atoms with E-state index in [9.17, 15) is 40.4 Å². The van der Waals surface area contributed by atoms with Gasteiger partial charge >= 0.3 is 5.97 Å². The molecule has 7 N–H and O–H groups in total. The molecule has 3 saturated heterocycles. The van der Waals surface area contributed by atoms with E-state index in [0.29, 0.717) is 44.6 Å². The lowest BCUT2D eigenvalue weighted by Crippen LogP contribution is -2.60. The summed E-state index contributed by atoms with van der Waals surface area (Å²) in [6.07, 6.45) is -4.35. The molecule has 378 valence electrons. The number of carbonyl (C=O) groups excluding carboxylic acids is 1. The summed E-state index contributed by atoms with van der Waals surface area (Å²) in [6.45, 7) is 19.6. The van der Waals surface area contributed by atoms with Crippen LogP contribution in [-0.2, 0) is 23.7 Å². The molecule has 3 heterocycles. The van der Waals surface area contributed by atoms with Gasteiger partial charge in [0.15, 0.2) is 5.11 Å². The summed E-state index contributed by atoms with van der Waals surface area (Å²) in [5.41, 5.74) is -3.80. The number of nitrogens with zero attached hydrogens (tertiary/aromatic N) is 3. The van der Waals surface area contributed by atoms with E-state index in [1.54, 1.807) is 33.1 Å². The first-order valence-electron chi connectivity index (χ1n) is 23.9. The molecule has 0 saturated carbocycles. The second kappa shape index (κ2) is 23.3. The van der Waals surface area contributed by atoms with Crippen LogP contribution in [0, 0.1) is 39.7 Å². The Morgan fingerprint density at radius 3 is 2.21 bits per heavy atom. The van der Waals surface area contributed by atoms with Crippen LogP contribution in [0.15, 0.2) is 24.3 Å². The second-order valence-electron chi connectivity index (χ2n) is 20.8. The topological polar surface area (TPSA) is 229 Å². The third-order valence-electron chi connectivity index (χ3n) is 15.6. The predicted molar refractivity (Wildman–Crippen MR) is 257 cm³/mol. The molecule has 66 heavy (non-hydrogen) atoms. The number of nitro benzene ring substituents is 1. The standard InChI is InChI=1S/C48H83N5O12S/c1-14-40-47(10,58)42(55)32(7)52(20-19-49-45(66)50-34-15-17-35(18-16-34)53(60)61)26-27(2)23-48(59,25-39-41(54)38(51(11)12)21-28(3)63-39)37(30(5)29(4)31(6)44(57)65-40)22-36-24-46(9,62-13)43(56)33(8)64-36/h15-18,27-33,36-43,54-56,58-59H,14,19-26H2,1-13H3,(H2,49,50,66)/t27-,28+,29+,30+,31+,32+,33-,36+,37-,38-,39-,40-,41-,42+,43+,46+,47-,48+/m0/s1. The highest BCUT2D eigenvalue weighted by Gasteiger charge is 2.53. The number of aliphatic hydroxyl groups is 5. The largest absolute Gasteiger partial charge is 0.459 e. The van der Waals surface area contributed by atoms with E-state index in [2.05, 4.69) is 10.6 Å².